The van der Waals surface area contributed by atoms with Gasteiger partial charge in [-0.3, -0.25) is 4.57 Å². The number of hydrogen-bond acceptors (Lipinski definition) is 4. The molecular formula is C12H14N4O. The SMILES string of the molecule is Cc1ncc2cn(C3CCCC3)c(=O)nc2n1. The fourth-order valence-electron chi connectivity index (χ4n) is 2.45. The maximum absolute atomic E-state index is 11.9. The minimum absolute atomic E-state index is 0.192. The highest BCUT2D eigenvalue weighted by molar-refractivity contribution is 5.71. The Bertz CT molecular complexity index is 613. The summed E-state index contributed by atoms with van der Waals surface area (Å²) in [6, 6.07) is 0.306. The van der Waals surface area contributed by atoms with Crippen LogP contribution in [0, 0.1) is 6.92 Å². The largest absolute Gasteiger partial charge is 0.349 e. The van der Waals surface area contributed by atoms with Crippen LogP contribution in [-0.4, -0.2) is 19.5 Å². The van der Waals surface area contributed by atoms with Gasteiger partial charge in [-0.2, -0.15) is 4.98 Å². The Balaban J connectivity index is 2.16. The van der Waals surface area contributed by atoms with E-state index in [2.05, 4.69) is 15.0 Å². The summed E-state index contributed by atoms with van der Waals surface area (Å²) in [6.07, 6.45) is 8.11. The summed E-state index contributed by atoms with van der Waals surface area (Å²) in [5.41, 5.74) is 0.305. The van der Waals surface area contributed by atoms with Gasteiger partial charge in [-0.1, -0.05) is 12.8 Å². The van der Waals surface area contributed by atoms with Crippen LogP contribution in [0.1, 0.15) is 37.5 Å². The first-order chi connectivity index (χ1) is 8.24. The van der Waals surface area contributed by atoms with Gasteiger partial charge in [0.15, 0.2) is 5.65 Å². The summed E-state index contributed by atoms with van der Waals surface area (Å²) in [5, 5.41) is 0.835. The number of rotatable bonds is 1. The first kappa shape index (κ1) is 10.4. The first-order valence-electron chi connectivity index (χ1n) is 5.96. The molecule has 5 nitrogen and oxygen atoms in total. The number of aryl methyl sites for hydroxylation is 1. The zero-order valence-corrected chi connectivity index (χ0v) is 9.76. The molecular weight excluding hydrogens is 216 g/mol. The molecule has 5 heteroatoms. The standard InChI is InChI=1S/C12H14N4O/c1-8-13-6-9-7-16(10-4-2-3-5-10)12(17)15-11(9)14-8/h6-7,10H,2-5H2,1H3. The molecule has 2 heterocycles. The number of fused-ring (bicyclic) bond motifs is 1. The highest BCUT2D eigenvalue weighted by Gasteiger charge is 2.18. The lowest BCUT2D eigenvalue weighted by atomic mass is 10.2. The van der Waals surface area contributed by atoms with Crippen LogP contribution in [0.25, 0.3) is 11.0 Å². The molecule has 0 N–H and O–H groups in total. The van der Waals surface area contributed by atoms with E-state index in [9.17, 15) is 4.79 Å². The van der Waals surface area contributed by atoms with Crippen LogP contribution in [0.15, 0.2) is 17.2 Å². The van der Waals surface area contributed by atoms with Crippen molar-refractivity contribution < 1.29 is 0 Å². The molecule has 3 rings (SSSR count). The molecule has 0 saturated heterocycles. The number of aromatic nitrogens is 4. The van der Waals surface area contributed by atoms with Crippen molar-refractivity contribution in [3.63, 3.8) is 0 Å². The predicted octanol–water partition coefficient (Wildman–Crippen LogP) is 1.61. The van der Waals surface area contributed by atoms with Crippen molar-refractivity contribution in [3.8, 4) is 0 Å². The zero-order chi connectivity index (χ0) is 11.8. The van der Waals surface area contributed by atoms with Crippen LogP contribution in [0.5, 0.6) is 0 Å². The van der Waals surface area contributed by atoms with E-state index in [1.54, 1.807) is 17.7 Å². The third-order valence-corrected chi connectivity index (χ3v) is 3.34. The van der Waals surface area contributed by atoms with Crippen molar-refractivity contribution in [2.75, 3.05) is 0 Å². The molecule has 1 saturated carbocycles. The van der Waals surface area contributed by atoms with Gasteiger partial charge in [0.05, 0.1) is 5.39 Å². The molecule has 0 bridgehead atoms. The van der Waals surface area contributed by atoms with Crippen molar-refractivity contribution in [3.05, 3.63) is 28.7 Å². The van der Waals surface area contributed by atoms with E-state index in [1.165, 1.54) is 12.8 Å². The maximum Gasteiger partial charge on any atom is 0.349 e. The van der Waals surface area contributed by atoms with Gasteiger partial charge < -0.3 is 0 Å². The van der Waals surface area contributed by atoms with Crippen molar-refractivity contribution in [1.82, 2.24) is 19.5 Å². The van der Waals surface area contributed by atoms with E-state index in [4.69, 9.17) is 0 Å². The van der Waals surface area contributed by atoms with Gasteiger partial charge in [-0.25, -0.2) is 14.8 Å². The predicted molar refractivity (Wildman–Crippen MR) is 63.8 cm³/mol. The average Bonchev–Trinajstić information content (AvgIpc) is 2.81. The quantitative estimate of drug-likeness (QED) is 0.746. The van der Waals surface area contributed by atoms with Crippen molar-refractivity contribution >= 4 is 11.0 Å². The Hall–Kier alpha value is -1.78. The third kappa shape index (κ3) is 1.81. The lowest BCUT2D eigenvalue weighted by molar-refractivity contribution is 0.495. The molecule has 17 heavy (non-hydrogen) atoms. The summed E-state index contributed by atoms with van der Waals surface area (Å²) in [6.45, 7) is 1.80. The van der Waals surface area contributed by atoms with Crippen LogP contribution < -0.4 is 5.69 Å². The second-order valence-corrected chi connectivity index (χ2v) is 4.57. The number of hydrogen-bond donors (Lipinski definition) is 0. The van der Waals surface area contributed by atoms with Gasteiger partial charge in [-0.05, 0) is 19.8 Å². The van der Waals surface area contributed by atoms with Crippen LogP contribution in [0.3, 0.4) is 0 Å². The highest BCUT2D eigenvalue weighted by Crippen LogP contribution is 2.28. The average molecular weight is 230 g/mol. The van der Waals surface area contributed by atoms with Crippen molar-refractivity contribution in [2.45, 2.75) is 38.6 Å². The molecule has 0 spiro atoms. The molecule has 0 amide bonds. The van der Waals surface area contributed by atoms with Crippen molar-refractivity contribution in [2.24, 2.45) is 0 Å². The smallest absolute Gasteiger partial charge is 0.295 e. The van der Waals surface area contributed by atoms with Crippen molar-refractivity contribution in [1.29, 1.82) is 0 Å². The van der Waals surface area contributed by atoms with E-state index in [-0.39, 0.29) is 5.69 Å². The van der Waals surface area contributed by atoms with E-state index in [0.29, 0.717) is 17.5 Å². The molecule has 0 unspecified atom stereocenters. The van der Waals surface area contributed by atoms with E-state index in [0.717, 1.165) is 18.2 Å². The first-order valence-corrected chi connectivity index (χ1v) is 5.96. The molecule has 1 fully saturated rings. The fraction of sp³-hybridized carbons (Fsp3) is 0.500. The third-order valence-electron chi connectivity index (χ3n) is 3.34. The van der Waals surface area contributed by atoms with E-state index >= 15 is 0 Å². The normalized spacial score (nSPS) is 16.8. The maximum atomic E-state index is 11.9. The van der Waals surface area contributed by atoms with E-state index in [1.807, 2.05) is 6.20 Å². The van der Waals surface area contributed by atoms with Crippen LogP contribution >= 0.6 is 0 Å². The van der Waals surface area contributed by atoms with Crippen LogP contribution in [0.2, 0.25) is 0 Å². The lowest BCUT2D eigenvalue weighted by Gasteiger charge is -2.12. The summed E-state index contributed by atoms with van der Waals surface area (Å²) in [4.78, 5) is 24.3. The Morgan fingerprint density at radius 3 is 2.82 bits per heavy atom. The minimum atomic E-state index is -0.192. The summed E-state index contributed by atoms with van der Waals surface area (Å²) < 4.78 is 1.74. The Morgan fingerprint density at radius 2 is 2.06 bits per heavy atom. The van der Waals surface area contributed by atoms with Crippen LogP contribution in [-0.2, 0) is 0 Å². The summed E-state index contributed by atoms with van der Waals surface area (Å²) in [5.74, 6) is 0.642. The van der Waals surface area contributed by atoms with Gasteiger partial charge >= 0.3 is 5.69 Å². The fourth-order valence-corrected chi connectivity index (χ4v) is 2.45. The summed E-state index contributed by atoms with van der Waals surface area (Å²) in [7, 11) is 0. The molecule has 0 atom stereocenters. The molecule has 0 radical (unpaired) electrons. The minimum Gasteiger partial charge on any atom is -0.295 e. The summed E-state index contributed by atoms with van der Waals surface area (Å²) >= 11 is 0. The molecule has 2 aromatic heterocycles. The van der Waals surface area contributed by atoms with Crippen LogP contribution in [0.4, 0.5) is 0 Å². The Labute approximate surface area is 98.5 Å². The Kier molecular flexibility index (Phi) is 2.39. The molecule has 1 aliphatic carbocycles. The van der Waals surface area contributed by atoms with Gasteiger partial charge in [-0.15, -0.1) is 0 Å². The van der Waals surface area contributed by atoms with Gasteiger partial charge in [0.2, 0.25) is 0 Å². The topological polar surface area (TPSA) is 60.7 Å². The highest BCUT2D eigenvalue weighted by atomic mass is 16.1. The van der Waals surface area contributed by atoms with Gasteiger partial charge in [0.25, 0.3) is 0 Å². The monoisotopic (exact) mass is 230 g/mol. The Morgan fingerprint density at radius 1 is 1.29 bits per heavy atom. The molecule has 1 aliphatic rings. The lowest BCUT2D eigenvalue weighted by Crippen LogP contribution is -2.25. The van der Waals surface area contributed by atoms with Gasteiger partial charge in [0.1, 0.15) is 5.82 Å². The van der Waals surface area contributed by atoms with Gasteiger partial charge in [0, 0.05) is 18.4 Å². The molecule has 0 aliphatic heterocycles. The van der Waals surface area contributed by atoms with E-state index < -0.39 is 0 Å². The molecule has 88 valence electrons. The second-order valence-electron chi connectivity index (χ2n) is 4.57. The zero-order valence-electron chi connectivity index (χ0n) is 9.76. The molecule has 2 aromatic rings. The molecule has 0 aromatic carbocycles. The second kappa shape index (κ2) is 3.91. The number of nitrogens with zero attached hydrogens (tertiary/aromatic N) is 4.